The van der Waals surface area contributed by atoms with Crippen LogP contribution in [-0.2, 0) is 16.8 Å². The lowest BCUT2D eigenvalue weighted by molar-refractivity contribution is -0.133. The fraction of sp³-hybridized carbons (Fsp3) is 0.269. The first kappa shape index (κ1) is 21.2. The highest BCUT2D eigenvalue weighted by atomic mass is 19.2. The van der Waals surface area contributed by atoms with Gasteiger partial charge < -0.3 is 10.0 Å². The van der Waals surface area contributed by atoms with Crippen molar-refractivity contribution in [3.05, 3.63) is 107 Å². The normalized spacial score (nSPS) is 15.1. The first-order valence-corrected chi connectivity index (χ1v) is 10.5. The van der Waals surface area contributed by atoms with Gasteiger partial charge in [-0.25, -0.2) is 8.78 Å². The largest absolute Gasteiger partial charge is 0.380 e. The van der Waals surface area contributed by atoms with Crippen LogP contribution in [0, 0.1) is 17.6 Å². The van der Waals surface area contributed by atoms with Crippen molar-refractivity contribution in [3.8, 4) is 0 Å². The Morgan fingerprint density at radius 1 is 0.871 bits per heavy atom. The summed E-state index contributed by atoms with van der Waals surface area (Å²) in [6, 6.07) is 22.8. The van der Waals surface area contributed by atoms with Crippen LogP contribution in [0.1, 0.15) is 29.5 Å². The second kappa shape index (κ2) is 8.98. The number of hydrogen-bond acceptors (Lipinski definition) is 2. The lowest BCUT2D eigenvalue weighted by Gasteiger charge is -2.42. The summed E-state index contributed by atoms with van der Waals surface area (Å²) in [5.41, 5.74) is 0.995. The molecule has 5 heteroatoms. The molecule has 1 fully saturated rings. The summed E-state index contributed by atoms with van der Waals surface area (Å²) in [5.74, 6) is -2.03. The van der Waals surface area contributed by atoms with E-state index in [4.69, 9.17) is 0 Å². The van der Waals surface area contributed by atoms with Crippen molar-refractivity contribution in [1.29, 1.82) is 0 Å². The van der Waals surface area contributed by atoms with Gasteiger partial charge >= 0.3 is 0 Å². The number of likely N-dealkylation sites (tertiary alicyclic amines) is 1. The number of carbonyl (C=O) groups is 1. The van der Waals surface area contributed by atoms with E-state index in [9.17, 15) is 18.7 Å². The molecule has 31 heavy (non-hydrogen) atoms. The molecule has 3 aromatic carbocycles. The van der Waals surface area contributed by atoms with Crippen molar-refractivity contribution in [3.63, 3.8) is 0 Å². The third-order valence-corrected chi connectivity index (χ3v) is 6.21. The zero-order chi connectivity index (χ0) is 21.8. The Morgan fingerprint density at radius 2 is 1.42 bits per heavy atom. The van der Waals surface area contributed by atoms with Crippen molar-refractivity contribution >= 4 is 5.91 Å². The number of nitrogens with zero attached hydrogens (tertiary/aromatic N) is 1. The average Bonchev–Trinajstić information content (AvgIpc) is 2.82. The molecule has 0 radical (unpaired) electrons. The SMILES string of the molecule is O=C(Cc1ccc(F)c(F)c1)N1CCC(C(O)(c2ccccc2)c2ccccc2)CC1. The molecule has 0 saturated carbocycles. The van der Waals surface area contributed by atoms with Crippen molar-refractivity contribution < 1.29 is 18.7 Å². The third-order valence-electron chi connectivity index (χ3n) is 6.21. The summed E-state index contributed by atoms with van der Waals surface area (Å²) in [5, 5.41) is 11.9. The van der Waals surface area contributed by atoms with Gasteiger partial charge in [0.1, 0.15) is 5.60 Å². The number of hydrogen-bond donors (Lipinski definition) is 1. The van der Waals surface area contributed by atoms with E-state index < -0.39 is 17.2 Å². The quantitative estimate of drug-likeness (QED) is 0.650. The molecule has 160 valence electrons. The molecule has 1 aliphatic rings. The minimum absolute atomic E-state index is 0.0313. The van der Waals surface area contributed by atoms with Gasteiger partial charge in [0.05, 0.1) is 6.42 Å². The number of carbonyl (C=O) groups excluding carboxylic acids is 1. The molecule has 0 bridgehead atoms. The van der Waals surface area contributed by atoms with Gasteiger partial charge in [-0.05, 0) is 47.6 Å². The van der Waals surface area contributed by atoms with E-state index in [2.05, 4.69) is 0 Å². The van der Waals surface area contributed by atoms with Crippen molar-refractivity contribution in [2.45, 2.75) is 24.9 Å². The molecule has 1 saturated heterocycles. The fourth-order valence-electron chi connectivity index (χ4n) is 4.51. The molecule has 0 aliphatic carbocycles. The highest BCUT2D eigenvalue weighted by Gasteiger charge is 2.42. The number of rotatable bonds is 5. The molecule has 1 aliphatic heterocycles. The molecule has 0 atom stereocenters. The molecule has 3 nitrogen and oxygen atoms in total. The van der Waals surface area contributed by atoms with Gasteiger partial charge in [0.25, 0.3) is 0 Å². The van der Waals surface area contributed by atoms with Gasteiger partial charge in [0.2, 0.25) is 5.91 Å². The second-order valence-corrected chi connectivity index (χ2v) is 8.08. The summed E-state index contributed by atoms with van der Waals surface area (Å²) in [4.78, 5) is 14.5. The van der Waals surface area contributed by atoms with E-state index in [0.29, 0.717) is 31.5 Å². The monoisotopic (exact) mass is 421 g/mol. The van der Waals surface area contributed by atoms with Gasteiger partial charge in [-0.1, -0.05) is 66.7 Å². The minimum atomic E-state index is -1.14. The van der Waals surface area contributed by atoms with Crippen LogP contribution in [-0.4, -0.2) is 29.0 Å². The predicted octanol–water partition coefficient (Wildman–Crippen LogP) is 4.68. The Labute approximate surface area is 181 Å². The third kappa shape index (κ3) is 4.37. The number of piperidine rings is 1. The maximum absolute atomic E-state index is 13.4. The zero-order valence-corrected chi connectivity index (χ0v) is 17.2. The number of aliphatic hydroxyl groups is 1. The molecule has 0 spiro atoms. The number of benzene rings is 3. The molecule has 0 aromatic heterocycles. The van der Waals surface area contributed by atoms with E-state index in [1.807, 2.05) is 60.7 Å². The highest BCUT2D eigenvalue weighted by Crippen LogP contribution is 2.41. The van der Waals surface area contributed by atoms with Crippen LogP contribution in [0.15, 0.2) is 78.9 Å². The smallest absolute Gasteiger partial charge is 0.226 e. The molecule has 4 rings (SSSR count). The van der Waals surface area contributed by atoms with Gasteiger partial charge in [0, 0.05) is 13.1 Å². The van der Waals surface area contributed by atoms with Gasteiger partial charge in [-0.15, -0.1) is 0 Å². The average molecular weight is 421 g/mol. The lowest BCUT2D eigenvalue weighted by Crippen LogP contribution is -2.46. The molecule has 3 aromatic rings. The van der Waals surface area contributed by atoms with Crippen molar-refractivity contribution in [2.75, 3.05) is 13.1 Å². The maximum atomic E-state index is 13.4. The molecular weight excluding hydrogens is 396 g/mol. The summed E-state index contributed by atoms with van der Waals surface area (Å²) in [6.07, 6.45) is 1.32. The van der Waals surface area contributed by atoms with Crippen LogP contribution in [0.25, 0.3) is 0 Å². The van der Waals surface area contributed by atoms with E-state index >= 15 is 0 Å². The highest BCUT2D eigenvalue weighted by molar-refractivity contribution is 5.78. The first-order valence-electron chi connectivity index (χ1n) is 10.5. The fourth-order valence-corrected chi connectivity index (χ4v) is 4.51. The van der Waals surface area contributed by atoms with Crippen LogP contribution in [0.3, 0.4) is 0 Å². The Bertz CT molecular complexity index is 992. The van der Waals surface area contributed by atoms with Crippen LogP contribution < -0.4 is 0 Å². The number of amides is 1. The van der Waals surface area contributed by atoms with Crippen molar-refractivity contribution in [2.24, 2.45) is 5.92 Å². The number of halogens is 2. The Hall–Kier alpha value is -3.05. The molecule has 1 heterocycles. The summed E-state index contributed by atoms with van der Waals surface area (Å²) < 4.78 is 26.6. The Kier molecular flexibility index (Phi) is 6.14. The zero-order valence-electron chi connectivity index (χ0n) is 17.2. The van der Waals surface area contributed by atoms with E-state index in [-0.39, 0.29) is 18.2 Å². The topological polar surface area (TPSA) is 40.5 Å². The van der Waals surface area contributed by atoms with E-state index in [1.54, 1.807) is 4.90 Å². The lowest BCUT2D eigenvalue weighted by atomic mass is 9.72. The summed E-state index contributed by atoms with van der Waals surface area (Å²) in [7, 11) is 0. The minimum Gasteiger partial charge on any atom is -0.380 e. The summed E-state index contributed by atoms with van der Waals surface area (Å²) in [6.45, 7) is 1.02. The van der Waals surface area contributed by atoms with Gasteiger partial charge in [-0.2, -0.15) is 0 Å². The maximum Gasteiger partial charge on any atom is 0.226 e. The van der Waals surface area contributed by atoms with Crippen LogP contribution in [0.5, 0.6) is 0 Å². The van der Waals surface area contributed by atoms with Crippen LogP contribution >= 0.6 is 0 Å². The van der Waals surface area contributed by atoms with Gasteiger partial charge in [-0.3, -0.25) is 4.79 Å². The van der Waals surface area contributed by atoms with Gasteiger partial charge in [0.15, 0.2) is 11.6 Å². The molecular formula is C26H25F2NO2. The van der Waals surface area contributed by atoms with E-state index in [1.165, 1.54) is 6.07 Å². The predicted molar refractivity (Wildman–Crippen MR) is 115 cm³/mol. The summed E-state index contributed by atoms with van der Waals surface area (Å²) >= 11 is 0. The Balaban J connectivity index is 1.49. The standard InChI is InChI=1S/C26H25F2NO2/c27-23-12-11-19(17-24(23)28)18-25(30)29-15-13-22(14-16-29)26(31,20-7-3-1-4-8-20)21-9-5-2-6-10-21/h1-12,17,22,31H,13-16,18H2. The van der Waals surface area contributed by atoms with Crippen molar-refractivity contribution in [1.82, 2.24) is 4.90 Å². The first-order chi connectivity index (χ1) is 15.0. The van der Waals surface area contributed by atoms with Crippen LogP contribution in [0.4, 0.5) is 8.78 Å². The molecule has 0 unspecified atom stereocenters. The second-order valence-electron chi connectivity index (χ2n) is 8.08. The van der Waals surface area contributed by atoms with E-state index in [0.717, 1.165) is 23.3 Å². The van der Waals surface area contributed by atoms with Crippen LogP contribution in [0.2, 0.25) is 0 Å². The Morgan fingerprint density at radius 3 is 1.94 bits per heavy atom. The molecule has 1 amide bonds. The molecule has 1 N–H and O–H groups in total.